The van der Waals surface area contributed by atoms with Crippen LogP contribution < -0.4 is 5.73 Å². The lowest BCUT2D eigenvalue weighted by molar-refractivity contribution is 0.475. The smallest absolute Gasteiger partial charge is 0.221 e. The Morgan fingerprint density at radius 1 is 1.08 bits per heavy atom. The monoisotopic (exact) mass is 332 g/mol. The average molecular weight is 332 g/mol. The van der Waals surface area contributed by atoms with Crippen LogP contribution in [-0.4, -0.2) is 20.1 Å². The zero-order valence-electron chi connectivity index (χ0n) is 14.3. The summed E-state index contributed by atoms with van der Waals surface area (Å²) >= 11 is 0. The number of fused-ring (bicyclic) bond motifs is 3. The quantitative estimate of drug-likeness (QED) is 0.521. The Hall–Kier alpha value is -3.08. The number of aromatic nitrogens is 3. The van der Waals surface area contributed by atoms with Gasteiger partial charge in [0.25, 0.3) is 0 Å². The van der Waals surface area contributed by atoms with Crippen molar-refractivity contribution in [2.45, 2.75) is 26.7 Å². The number of aryl methyl sites for hydroxylation is 1. The van der Waals surface area contributed by atoms with Crippen molar-refractivity contribution in [2.24, 2.45) is 0 Å². The summed E-state index contributed by atoms with van der Waals surface area (Å²) in [5, 5.41) is 10.7. The van der Waals surface area contributed by atoms with Crippen molar-refractivity contribution >= 4 is 27.9 Å². The number of hydrogen-bond acceptors (Lipinski definition) is 4. The number of anilines is 1. The first-order valence-electron chi connectivity index (χ1n) is 8.45. The van der Waals surface area contributed by atoms with E-state index in [1.807, 2.05) is 24.3 Å². The van der Waals surface area contributed by atoms with Crippen molar-refractivity contribution in [2.75, 3.05) is 5.73 Å². The number of hydrogen-bond donors (Lipinski definition) is 3. The molecule has 126 valence electrons. The lowest BCUT2D eigenvalue weighted by Gasteiger charge is -2.16. The molecule has 0 aliphatic heterocycles. The Morgan fingerprint density at radius 3 is 2.56 bits per heavy atom. The topological polar surface area (TPSA) is 87.8 Å². The molecule has 0 bridgehead atoms. The lowest BCUT2D eigenvalue weighted by atomic mass is 9.94. The molecule has 0 saturated heterocycles. The number of phenolic OH excluding ortho intramolecular Hbond substituents is 1. The van der Waals surface area contributed by atoms with Gasteiger partial charge in [-0.3, -0.25) is 0 Å². The van der Waals surface area contributed by atoms with E-state index in [1.165, 1.54) is 11.1 Å². The van der Waals surface area contributed by atoms with Gasteiger partial charge in [0.2, 0.25) is 5.95 Å². The highest BCUT2D eigenvalue weighted by Crippen LogP contribution is 2.34. The molecule has 4 N–H and O–H groups in total. The number of nitrogens with zero attached hydrogens (tertiary/aromatic N) is 2. The largest absolute Gasteiger partial charge is 0.508 e. The molecule has 5 heteroatoms. The van der Waals surface area contributed by atoms with Crippen LogP contribution >= 0.6 is 0 Å². The van der Waals surface area contributed by atoms with Gasteiger partial charge in [-0.15, -0.1) is 0 Å². The molecule has 0 saturated carbocycles. The first-order chi connectivity index (χ1) is 12.1. The molecule has 0 unspecified atom stereocenters. The summed E-state index contributed by atoms with van der Waals surface area (Å²) in [6.07, 6.45) is 1.99. The van der Waals surface area contributed by atoms with Gasteiger partial charge in [0.1, 0.15) is 11.3 Å². The third kappa shape index (κ3) is 2.48. The number of H-pyrrole nitrogens is 1. The minimum absolute atomic E-state index is 0.266. The third-order valence-corrected chi connectivity index (χ3v) is 4.66. The van der Waals surface area contributed by atoms with Crippen LogP contribution in [0.4, 0.5) is 5.95 Å². The van der Waals surface area contributed by atoms with Crippen LogP contribution in [0.25, 0.3) is 33.2 Å². The molecule has 0 aliphatic rings. The Balaban J connectivity index is 2.07. The van der Waals surface area contributed by atoms with Crippen LogP contribution in [0.2, 0.25) is 0 Å². The predicted octanol–water partition coefficient (Wildman–Crippen LogP) is 4.33. The SMILES string of the molecule is CCCc1c(-c2ccc(O)cc2)[nH]c2ccc3nc(N)nc3c2c1C. The highest BCUT2D eigenvalue weighted by molar-refractivity contribution is 6.06. The molecule has 4 aromatic rings. The van der Waals surface area contributed by atoms with Crippen LogP contribution in [-0.2, 0) is 6.42 Å². The van der Waals surface area contributed by atoms with Crippen molar-refractivity contribution in [3.05, 3.63) is 47.5 Å². The Kier molecular flexibility index (Phi) is 3.57. The lowest BCUT2D eigenvalue weighted by Crippen LogP contribution is -1.99. The Labute approximate surface area is 145 Å². The molecule has 0 amide bonds. The van der Waals surface area contributed by atoms with Gasteiger partial charge >= 0.3 is 0 Å². The summed E-state index contributed by atoms with van der Waals surface area (Å²) < 4.78 is 0. The summed E-state index contributed by atoms with van der Waals surface area (Å²) in [5.74, 6) is 0.573. The molecule has 5 nitrogen and oxygen atoms in total. The van der Waals surface area contributed by atoms with Crippen LogP contribution in [0, 0.1) is 6.92 Å². The number of nitrogens with one attached hydrogen (secondary N) is 1. The molecule has 0 spiro atoms. The third-order valence-electron chi connectivity index (χ3n) is 4.66. The van der Waals surface area contributed by atoms with Gasteiger partial charge in [-0.2, -0.15) is 0 Å². The summed E-state index contributed by atoms with van der Waals surface area (Å²) in [4.78, 5) is 12.3. The first-order valence-corrected chi connectivity index (χ1v) is 8.45. The Bertz CT molecular complexity index is 1080. The van der Waals surface area contributed by atoms with Crippen LogP contribution in [0.1, 0.15) is 24.5 Å². The van der Waals surface area contributed by atoms with Crippen molar-refractivity contribution in [3.8, 4) is 17.0 Å². The van der Waals surface area contributed by atoms with Gasteiger partial charge in [0.05, 0.1) is 5.52 Å². The predicted molar refractivity (Wildman–Crippen MR) is 102 cm³/mol. The van der Waals surface area contributed by atoms with E-state index < -0.39 is 0 Å². The highest BCUT2D eigenvalue weighted by Gasteiger charge is 2.16. The van der Waals surface area contributed by atoms with E-state index in [0.29, 0.717) is 5.95 Å². The summed E-state index contributed by atoms with van der Waals surface area (Å²) in [7, 11) is 0. The van der Waals surface area contributed by atoms with E-state index >= 15 is 0 Å². The maximum atomic E-state index is 9.59. The standard InChI is InChI=1S/C20H20N4O/c1-3-4-14-11(2)17-15(9-10-16-19(17)24-20(21)23-16)22-18(14)12-5-7-13(25)8-6-12/h5-10,22,25H,3-4H2,1-2H3,(H2,21,23). The number of imidazole rings is 1. The van der Waals surface area contributed by atoms with Crippen molar-refractivity contribution < 1.29 is 5.11 Å². The van der Waals surface area contributed by atoms with E-state index in [9.17, 15) is 5.11 Å². The number of phenols is 1. The van der Waals surface area contributed by atoms with Crippen LogP contribution in [0.3, 0.4) is 0 Å². The number of aromatic hydroxyl groups is 1. The first kappa shape index (κ1) is 15.4. The van der Waals surface area contributed by atoms with Gasteiger partial charge in [-0.25, -0.2) is 9.97 Å². The number of pyridine rings is 1. The normalized spacial score (nSPS) is 11.4. The number of nitrogen functional groups attached to an aromatic ring is 1. The fraction of sp³-hybridized carbons (Fsp3) is 0.200. The molecular weight excluding hydrogens is 312 g/mol. The fourth-order valence-electron chi connectivity index (χ4n) is 3.52. The number of aromatic amines is 1. The zero-order valence-corrected chi connectivity index (χ0v) is 14.3. The fourth-order valence-corrected chi connectivity index (χ4v) is 3.52. The van der Waals surface area contributed by atoms with Crippen molar-refractivity contribution in [1.29, 1.82) is 0 Å². The molecule has 0 fully saturated rings. The van der Waals surface area contributed by atoms with Gasteiger partial charge in [0.15, 0.2) is 0 Å². The van der Waals surface area contributed by atoms with Crippen LogP contribution in [0.15, 0.2) is 36.4 Å². The summed E-state index contributed by atoms with van der Waals surface area (Å²) in [6.45, 7) is 4.31. The molecule has 0 radical (unpaired) electrons. The number of benzene rings is 2. The van der Waals surface area contributed by atoms with E-state index in [1.54, 1.807) is 12.1 Å². The van der Waals surface area contributed by atoms with Gasteiger partial charge in [-0.1, -0.05) is 13.3 Å². The zero-order chi connectivity index (χ0) is 17.6. The second kappa shape index (κ2) is 5.77. The molecular formula is C20H20N4O. The molecule has 0 aliphatic carbocycles. The molecule has 2 heterocycles. The average Bonchev–Trinajstić information content (AvgIpc) is 2.98. The number of rotatable bonds is 3. The van der Waals surface area contributed by atoms with E-state index in [-0.39, 0.29) is 5.75 Å². The number of nitrogens with two attached hydrogens (primary N) is 1. The second-order valence-electron chi connectivity index (χ2n) is 6.34. The second-order valence-corrected chi connectivity index (χ2v) is 6.34. The molecule has 2 aromatic carbocycles. The molecule has 2 aromatic heterocycles. The summed E-state index contributed by atoms with van der Waals surface area (Å²) in [6, 6.07) is 11.3. The maximum Gasteiger partial charge on any atom is 0.221 e. The van der Waals surface area contributed by atoms with E-state index in [0.717, 1.165) is 46.0 Å². The molecule has 4 rings (SSSR count). The van der Waals surface area contributed by atoms with Crippen LogP contribution in [0.5, 0.6) is 5.75 Å². The maximum absolute atomic E-state index is 9.59. The van der Waals surface area contributed by atoms with Crippen molar-refractivity contribution in [1.82, 2.24) is 15.0 Å². The highest BCUT2D eigenvalue weighted by atomic mass is 16.3. The Morgan fingerprint density at radius 2 is 1.84 bits per heavy atom. The minimum Gasteiger partial charge on any atom is -0.508 e. The van der Waals surface area contributed by atoms with Gasteiger partial charge in [-0.05, 0) is 66.4 Å². The van der Waals surface area contributed by atoms with E-state index in [2.05, 4.69) is 28.8 Å². The molecule has 25 heavy (non-hydrogen) atoms. The molecule has 0 atom stereocenters. The summed E-state index contributed by atoms with van der Waals surface area (Å²) in [5.41, 5.74) is 13.1. The van der Waals surface area contributed by atoms with E-state index in [4.69, 9.17) is 5.73 Å². The van der Waals surface area contributed by atoms with Crippen molar-refractivity contribution in [3.63, 3.8) is 0 Å². The minimum atomic E-state index is 0.266. The van der Waals surface area contributed by atoms with Gasteiger partial charge < -0.3 is 15.8 Å². The van der Waals surface area contributed by atoms with Gasteiger partial charge in [0, 0.05) is 16.6 Å².